The summed E-state index contributed by atoms with van der Waals surface area (Å²) in [6.07, 6.45) is 0. The number of nitrogens with zero attached hydrogens (tertiary/aromatic N) is 2. The SMILES string of the molecule is CCN(CC)CSCN(CC)CC. The third kappa shape index (κ3) is 6.36. The van der Waals surface area contributed by atoms with Crippen LogP contribution in [0.15, 0.2) is 0 Å². The molecular weight excluding hydrogens is 180 g/mol. The number of hydrogen-bond donors (Lipinski definition) is 0. The Morgan fingerprint density at radius 1 is 0.692 bits per heavy atom. The van der Waals surface area contributed by atoms with Gasteiger partial charge in [0, 0.05) is 11.8 Å². The molecule has 0 aliphatic heterocycles. The minimum absolute atomic E-state index is 1.17. The molecule has 0 aliphatic rings. The van der Waals surface area contributed by atoms with E-state index < -0.39 is 0 Å². The van der Waals surface area contributed by atoms with Gasteiger partial charge in [-0.2, -0.15) is 0 Å². The summed E-state index contributed by atoms with van der Waals surface area (Å²) < 4.78 is 0. The molecule has 0 saturated heterocycles. The van der Waals surface area contributed by atoms with Gasteiger partial charge in [0.2, 0.25) is 0 Å². The van der Waals surface area contributed by atoms with E-state index in [4.69, 9.17) is 0 Å². The van der Waals surface area contributed by atoms with E-state index in [1.54, 1.807) is 0 Å². The van der Waals surface area contributed by atoms with Crippen molar-refractivity contribution >= 4 is 11.8 Å². The van der Waals surface area contributed by atoms with Gasteiger partial charge < -0.3 is 0 Å². The molecule has 0 amide bonds. The molecule has 0 rings (SSSR count). The Morgan fingerprint density at radius 3 is 1.23 bits per heavy atom. The Hall–Kier alpha value is 0.270. The lowest BCUT2D eigenvalue weighted by Crippen LogP contribution is -2.26. The maximum atomic E-state index is 2.45. The normalized spacial score (nSPS) is 11.5. The van der Waals surface area contributed by atoms with Gasteiger partial charge in [0.1, 0.15) is 0 Å². The van der Waals surface area contributed by atoms with E-state index in [1.807, 2.05) is 11.8 Å². The lowest BCUT2D eigenvalue weighted by atomic mass is 10.6. The van der Waals surface area contributed by atoms with Gasteiger partial charge in [-0.05, 0) is 26.2 Å². The molecule has 0 saturated carbocycles. The maximum absolute atomic E-state index is 2.45. The van der Waals surface area contributed by atoms with Crippen molar-refractivity contribution in [3.63, 3.8) is 0 Å². The summed E-state index contributed by atoms with van der Waals surface area (Å²) in [6, 6.07) is 0. The van der Waals surface area contributed by atoms with Crippen LogP contribution in [0.3, 0.4) is 0 Å². The summed E-state index contributed by atoms with van der Waals surface area (Å²) in [5, 5.41) is 0. The van der Waals surface area contributed by atoms with Gasteiger partial charge in [-0.1, -0.05) is 27.7 Å². The van der Waals surface area contributed by atoms with Crippen molar-refractivity contribution in [1.82, 2.24) is 9.80 Å². The topological polar surface area (TPSA) is 6.48 Å². The Balaban J connectivity index is 3.41. The monoisotopic (exact) mass is 204 g/mol. The molecule has 0 aromatic carbocycles. The van der Waals surface area contributed by atoms with Crippen LogP contribution in [-0.2, 0) is 0 Å². The highest BCUT2D eigenvalue weighted by atomic mass is 32.2. The average molecular weight is 204 g/mol. The summed E-state index contributed by atoms with van der Waals surface area (Å²) >= 11 is 2.02. The Labute approximate surface area is 87.7 Å². The first-order chi connectivity index (χ1) is 6.28. The lowest BCUT2D eigenvalue weighted by Gasteiger charge is -2.21. The molecule has 0 radical (unpaired) electrons. The number of hydrogen-bond acceptors (Lipinski definition) is 3. The molecule has 0 unspecified atom stereocenters. The standard InChI is InChI=1S/C10H24N2S/c1-5-11(6-2)9-13-10-12(7-3)8-4/h5-10H2,1-4H3. The van der Waals surface area contributed by atoms with E-state index in [9.17, 15) is 0 Å². The first-order valence-corrected chi connectivity index (χ1v) is 6.46. The molecular formula is C10H24N2S. The van der Waals surface area contributed by atoms with Crippen molar-refractivity contribution in [2.24, 2.45) is 0 Å². The quantitative estimate of drug-likeness (QED) is 0.560. The van der Waals surface area contributed by atoms with Gasteiger partial charge in [-0.3, -0.25) is 9.80 Å². The summed E-state index contributed by atoms with van der Waals surface area (Å²) in [5.41, 5.74) is 0. The van der Waals surface area contributed by atoms with E-state index >= 15 is 0 Å². The molecule has 3 heteroatoms. The number of rotatable bonds is 8. The minimum atomic E-state index is 1.17. The molecule has 0 aliphatic carbocycles. The molecule has 0 heterocycles. The fourth-order valence-corrected chi connectivity index (χ4v) is 2.44. The van der Waals surface area contributed by atoms with Gasteiger partial charge in [0.15, 0.2) is 0 Å². The smallest absolute Gasteiger partial charge is 0.0457 e. The van der Waals surface area contributed by atoms with Crippen LogP contribution in [0.2, 0.25) is 0 Å². The molecule has 13 heavy (non-hydrogen) atoms. The van der Waals surface area contributed by atoms with Crippen molar-refractivity contribution in [1.29, 1.82) is 0 Å². The van der Waals surface area contributed by atoms with Crippen molar-refractivity contribution < 1.29 is 0 Å². The second kappa shape index (κ2) is 8.85. The van der Waals surface area contributed by atoms with Crippen molar-refractivity contribution in [2.75, 3.05) is 37.9 Å². The molecule has 80 valence electrons. The summed E-state index contributed by atoms with van der Waals surface area (Å²) in [6.45, 7) is 13.6. The van der Waals surface area contributed by atoms with Gasteiger partial charge in [0.05, 0.1) is 0 Å². The van der Waals surface area contributed by atoms with Crippen LogP contribution in [0.5, 0.6) is 0 Å². The average Bonchev–Trinajstić information content (AvgIpc) is 2.19. The predicted octanol–water partition coefficient (Wildman–Crippen LogP) is 2.32. The first kappa shape index (κ1) is 13.3. The van der Waals surface area contributed by atoms with Crippen molar-refractivity contribution in [3.05, 3.63) is 0 Å². The lowest BCUT2D eigenvalue weighted by molar-refractivity contribution is 0.344. The number of thioether (sulfide) groups is 1. The van der Waals surface area contributed by atoms with Crippen molar-refractivity contribution in [2.45, 2.75) is 27.7 Å². The second-order valence-corrected chi connectivity index (χ2v) is 3.99. The molecule has 0 aromatic rings. The predicted molar refractivity (Wildman–Crippen MR) is 63.2 cm³/mol. The van der Waals surface area contributed by atoms with Crippen molar-refractivity contribution in [3.8, 4) is 0 Å². The first-order valence-electron chi connectivity index (χ1n) is 5.30. The molecule has 0 N–H and O–H groups in total. The molecule has 0 bridgehead atoms. The van der Waals surface area contributed by atoms with Crippen LogP contribution < -0.4 is 0 Å². The molecule has 0 atom stereocenters. The van der Waals surface area contributed by atoms with Crippen LogP contribution in [-0.4, -0.2) is 47.7 Å². The van der Waals surface area contributed by atoms with Crippen LogP contribution in [0.4, 0.5) is 0 Å². The third-order valence-electron chi connectivity index (χ3n) is 2.34. The van der Waals surface area contributed by atoms with E-state index in [0.29, 0.717) is 0 Å². The summed E-state index contributed by atoms with van der Waals surface area (Å²) in [4.78, 5) is 4.91. The highest BCUT2D eigenvalue weighted by Crippen LogP contribution is 2.06. The van der Waals surface area contributed by atoms with Crippen LogP contribution in [0.1, 0.15) is 27.7 Å². The maximum Gasteiger partial charge on any atom is 0.0457 e. The van der Waals surface area contributed by atoms with Crippen LogP contribution in [0.25, 0.3) is 0 Å². The largest absolute Gasteiger partial charge is 0.295 e. The zero-order valence-corrected chi connectivity index (χ0v) is 10.4. The van der Waals surface area contributed by atoms with Gasteiger partial charge in [0.25, 0.3) is 0 Å². The van der Waals surface area contributed by atoms with E-state index in [-0.39, 0.29) is 0 Å². The molecule has 0 spiro atoms. The van der Waals surface area contributed by atoms with E-state index in [1.165, 1.54) is 37.9 Å². The summed E-state index contributed by atoms with van der Waals surface area (Å²) in [7, 11) is 0. The third-order valence-corrected chi connectivity index (χ3v) is 3.43. The zero-order valence-electron chi connectivity index (χ0n) is 9.55. The zero-order chi connectivity index (χ0) is 10.1. The van der Waals surface area contributed by atoms with Gasteiger partial charge >= 0.3 is 0 Å². The highest BCUT2D eigenvalue weighted by Gasteiger charge is 2.01. The molecule has 2 nitrogen and oxygen atoms in total. The highest BCUT2D eigenvalue weighted by molar-refractivity contribution is 7.99. The summed E-state index contributed by atoms with van der Waals surface area (Å²) in [5.74, 6) is 2.34. The van der Waals surface area contributed by atoms with E-state index in [2.05, 4.69) is 37.5 Å². The Bertz CT molecular complexity index is 89.1. The fraction of sp³-hybridized carbons (Fsp3) is 1.00. The second-order valence-electron chi connectivity index (χ2n) is 3.07. The van der Waals surface area contributed by atoms with E-state index in [0.717, 1.165) is 0 Å². The molecule has 0 aromatic heterocycles. The van der Waals surface area contributed by atoms with Crippen LogP contribution in [0, 0.1) is 0 Å². The molecule has 0 fully saturated rings. The Morgan fingerprint density at radius 2 is 1.00 bits per heavy atom. The van der Waals surface area contributed by atoms with Crippen LogP contribution >= 0.6 is 11.8 Å². The Kier molecular flexibility index (Phi) is 9.03. The minimum Gasteiger partial charge on any atom is -0.295 e. The fourth-order valence-electron chi connectivity index (χ4n) is 1.11. The van der Waals surface area contributed by atoms with Gasteiger partial charge in [-0.25, -0.2) is 0 Å². The van der Waals surface area contributed by atoms with Gasteiger partial charge in [-0.15, -0.1) is 11.8 Å².